The zero-order chi connectivity index (χ0) is 8.55. The fraction of sp³-hybridized carbons (Fsp3) is 0.400. The van der Waals surface area contributed by atoms with Crippen LogP contribution in [-0.2, 0) is 4.74 Å². The zero-order valence-corrected chi connectivity index (χ0v) is 8.38. The Labute approximate surface area is 84.5 Å². The highest BCUT2D eigenvalue weighted by molar-refractivity contribution is 5.85. The van der Waals surface area contributed by atoms with E-state index in [1.807, 2.05) is 12.1 Å². The molecule has 2 nitrogen and oxygen atoms in total. The Bertz CT molecular complexity index is 261. The Morgan fingerprint density at radius 1 is 1.31 bits per heavy atom. The van der Waals surface area contributed by atoms with E-state index < -0.39 is 0 Å². The first-order valence-electron chi connectivity index (χ1n) is 4.25. The molecule has 2 N–H and O–H groups in total. The Kier molecular flexibility index (Phi) is 3.31. The van der Waals surface area contributed by atoms with Crippen molar-refractivity contribution in [3.05, 3.63) is 35.4 Å². The van der Waals surface area contributed by atoms with E-state index in [1.165, 1.54) is 11.1 Å². The fourth-order valence-corrected chi connectivity index (χ4v) is 1.65. The number of hydrogen-bond acceptors (Lipinski definition) is 2. The lowest BCUT2D eigenvalue weighted by Crippen LogP contribution is -2.25. The predicted molar refractivity (Wildman–Crippen MR) is 55.0 cm³/mol. The summed E-state index contributed by atoms with van der Waals surface area (Å²) < 4.78 is 5.49. The molecule has 0 saturated heterocycles. The first-order chi connectivity index (χ1) is 5.79. The van der Waals surface area contributed by atoms with E-state index in [2.05, 4.69) is 19.1 Å². The summed E-state index contributed by atoms with van der Waals surface area (Å²) in [6.45, 7) is 2.70. The molecule has 13 heavy (non-hydrogen) atoms. The van der Waals surface area contributed by atoms with Crippen molar-refractivity contribution in [2.75, 3.05) is 6.61 Å². The molecular weight excluding hydrogens is 186 g/mol. The smallest absolute Gasteiger partial charge is 0.0801 e. The highest BCUT2D eigenvalue weighted by Gasteiger charge is 2.21. The van der Waals surface area contributed by atoms with Gasteiger partial charge in [-0.25, -0.2) is 0 Å². The van der Waals surface area contributed by atoms with Crippen LogP contribution in [0.4, 0.5) is 0 Å². The number of rotatable bonds is 0. The van der Waals surface area contributed by atoms with Crippen molar-refractivity contribution in [2.45, 2.75) is 19.1 Å². The molecular formula is C10H14ClNO. The van der Waals surface area contributed by atoms with Crippen LogP contribution in [-0.4, -0.2) is 6.61 Å². The molecule has 0 radical (unpaired) electrons. The maximum atomic E-state index is 5.88. The second-order valence-electron chi connectivity index (χ2n) is 3.21. The molecule has 1 aliphatic rings. The van der Waals surface area contributed by atoms with Crippen LogP contribution < -0.4 is 5.73 Å². The molecule has 0 aromatic heterocycles. The minimum atomic E-state index is 0. The number of hydrogen-bond donors (Lipinski definition) is 1. The lowest BCUT2D eigenvalue weighted by atomic mass is 9.95. The number of fused-ring (bicyclic) bond motifs is 1. The van der Waals surface area contributed by atoms with E-state index in [-0.39, 0.29) is 24.6 Å². The van der Waals surface area contributed by atoms with E-state index in [4.69, 9.17) is 10.5 Å². The molecule has 1 heterocycles. The van der Waals surface area contributed by atoms with Crippen LogP contribution >= 0.6 is 12.4 Å². The van der Waals surface area contributed by atoms with Crippen LogP contribution in [0.5, 0.6) is 0 Å². The van der Waals surface area contributed by atoms with Crippen LogP contribution in [0.2, 0.25) is 0 Å². The van der Waals surface area contributed by atoms with Crippen molar-refractivity contribution >= 4 is 12.4 Å². The Morgan fingerprint density at radius 3 is 2.54 bits per heavy atom. The Morgan fingerprint density at radius 2 is 1.92 bits per heavy atom. The van der Waals surface area contributed by atoms with Crippen molar-refractivity contribution in [1.82, 2.24) is 0 Å². The minimum absolute atomic E-state index is 0. The lowest BCUT2D eigenvalue weighted by Gasteiger charge is -2.27. The highest BCUT2D eigenvalue weighted by Crippen LogP contribution is 2.30. The van der Waals surface area contributed by atoms with Gasteiger partial charge in [0, 0.05) is 0 Å². The highest BCUT2D eigenvalue weighted by atomic mass is 35.5. The van der Waals surface area contributed by atoms with Crippen molar-refractivity contribution in [3.8, 4) is 0 Å². The van der Waals surface area contributed by atoms with E-state index >= 15 is 0 Å². The normalized spacial score (nSPS) is 26.0. The quantitative estimate of drug-likeness (QED) is 0.696. The minimum Gasteiger partial charge on any atom is -0.372 e. The molecule has 1 aromatic rings. The van der Waals surface area contributed by atoms with Gasteiger partial charge in [0.1, 0.15) is 0 Å². The number of benzene rings is 1. The number of ether oxygens (including phenoxy) is 1. The molecule has 0 unspecified atom stereocenters. The van der Waals surface area contributed by atoms with Gasteiger partial charge < -0.3 is 10.5 Å². The van der Waals surface area contributed by atoms with Crippen molar-refractivity contribution in [2.24, 2.45) is 5.73 Å². The van der Waals surface area contributed by atoms with Gasteiger partial charge in [0.05, 0.1) is 18.8 Å². The van der Waals surface area contributed by atoms with Gasteiger partial charge in [0.2, 0.25) is 0 Å². The molecule has 0 amide bonds. The number of nitrogens with two attached hydrogens (primary N) is 1. The molecule has 3 heteroatoms. The molecule has 1 aromatic carbocycles. The molecule has 0 saturated carbocycles. The van der Waals surface area contributed by atoms with Crippen LogP contribution in [0.1, 0.15) is 30.2 Å². The second-order valence-corrected chi connectivity index (χ2v) is 3.21. The third-order valence-electron chi connectivity index (χ3n) is 2.36. The molecule has 0 aliphatic carbocycles. The van der Waals surface area contributed by atoms with Gasteiger partial charge in [-0.1, -0.05) is 24.3 Å². The van der Waals surface area contributed by atoms with Gasteiger partial charge in [0.15, 0.2) is 0 Å². The third kappa shape index (κ3) is 1.85. The van der Waals surface area contributed by atoms with Gasteiger partial charge in [-0.2, -0.15) is 0 Å². The summed E-state index contributed by atoms with van der Waals surface area (Å²) in [4.78, 5) is 0. The van der Waals surface area contributed by atoms with E-state index in [1.54, 1.807) is 0 Å². The SMILES string of the molecule is C[C@@H]1OC[C@@H](N)c2ccccc21.Cl. The lowest BCUT2D eigenvalue weighted by molar-refractivity contribution is 0.0408. The molecule has 1 aliphatic heterocycles. The molecule has 0 spiro atoms. The summed E-state index contributed by atoms with van der Waals surface area (Å²) >= 11 is 0. The zero-order valence-electron chi connectivity index (χ0n) is 7.57. The summed E-state index contributed by atoms with van der Waals surface area (Å²) in [6, 6.07) is 8.27. The Balaban J connectivity index is 0.000000845. The summed E-state index contributed by atoms with van der Waals surface area (Å²) in [6.07, 6.45) is 0.195. The van der Waals surface area contributed by atoms with Crippen molar-refractivity contribution in [3.63, 3.8) is 0 Å². The van der Waals surface area contributed by atoms with Crippen molar-refractivity contribution in [1.29, 1.82) is 0 Å². The average Bonchev–Trinajstić information content (AvgIpc) is 2.12. The van der Waals surface area contributed by atoms with Crippen LogP contribution in [0.15, 0.2) is 24.3 Å². The first kappa shape index (κ1) is 10.5. The van der Waals surface area contributed by atoms with Gasteiger partial charge in [0.25, 0.3) is 0 Å². The first-order valence-corrected chi connectivity index (χ1v) is 4.25. The third-order valence-corrected chi connectivity index (χ3v) is 2.36. The summed E-state index contributed by atoms with van der Waals surface area (Å²) in [5.74, 6) is 0. The Hall–Kier alpha value is -0.570. The molecule has 72 valence electrons. The van der Waals surface area contributed by atoms with Gasteiger partial charge in [-0.05, 0) is 18.1 Å². The largest absolute Gasteiger partial charge is 0.372 e. The molecule has 0 bridgehead atoms. The van der Waals surface area contributed by atoms with Crippen LogP contribution in [0.25, 0.3) is 0 Å². The number of halogens is 1. The summed E-state index contributed by atoms with van der Waals surface area (Å²) in [5, 5.41) is 0. The fourth-order valence-electron chi connectivity index (χ4n) is 1.65. The van der Waals surface area contributed by atoms with E-state index in [0.717, 1.165) is 0 Å². The maximum absolute atomic E-state index is 5.88. The topological polar surface area (TPSA) is 35.2 Å². The average molecular weight is 200 g/mol. The van der Waals surface area contributed by atoms with Gasteiger partial charge in [-0.15, -0.1) is 12.4 Å². The van der Waals surface area contributed by atoms with E-state index in [0.29, 0.717) is 6.61 Å². The van der Waals surface area contributed by atoms with E-state index in [9.17, 15) is 0 Å². The summed E-state index contributed by atoms with van der Waals surface area (Å²) in [5.41, 5.74) is 8.35. The standard InChI is InChI=1S/C10H13NO.ClH/c1-7-8-4-2-3-5-9(8)10(11)6-12-7;/h2-5,7,10H,6,11H2,1H3;1H/t7-,10+;/m0./s1. The molecule has 0 fully saturated rings. The van der Waals surface area contributed by atoms with Crippen LogP contribution in [0, 0.1) is 0 Å². The van der Waals surface area contributed by atoms with Crippen LogP contribution in [0.3, 0.4) is 0 Å². The molecule has 2 rings (SSSR count). The van der Waals surface area contributed by atoms with Gasteiger partial charge >= 0.3 is 0 Å². The van der Waals surface area contributed by atoms with Crippen molar-refractivity contribution < 1.29 is 4.74 Å². The molecule has 2 atom stereocenters. The van der Waals surface area contributed by atoms with Gasteiger partial charge in [-0.3, -0.25) is 0 Å². The predicted octanol–water partition coefficient (Wildman–Crippen LogP) is 2.20. The monoisotopic (exact) mass is 199 g/mol. The maximum Gasteiger partial charge on any atom is 0.0801 e. The second kappa shape index (κ2) is 4.09. The summed E-state index contributed by atoms with van der Waals surface area (Å²) in [7, 11) is 0.